The van der Waals surface area contributed by atoms with Crippen molar-refractivity contribution in [1.82, 2.24) is 15.2 Å². The van der Waals surface area contributed by atoms with E-state index >= 15 is 0 Å². The van der Waals surface area contributed by atoms with E-state index in [1.807, 2.05) is 17.3 Å². The number of hydrogen-bond donors (Lipinski definition) is 1. The van der Waals surface area contributed by atoms with Crippen LogP contribution < -0.4 is 10.6 Å². The van der Waals surface area contributed by atoms with Crippen LogP contribution in [-0.2, 0) is 6.42 Å². The van der Waals surface area contributed by atoms with E-state index in [0.717, 1.165) is 11.4 Å². The molecule has 2 rings (SSSR count). The molecule has 19 heavy (non-hydrogen) atoms. The van der Waals surface area contributed by atoms with Gasteiger partial charge in [0.2, 0.25) is 0 Å². The predicted octanol–water partition coefficient (Wildman–Crippen LogP) is 1.36. The average Bonchev–Trinajstić information content (AvgIpc) is 2.88. The number of anilines is 1. The van der Waals surface area contributed by atoms with Gasteiger partial charge in [-0.05, 0) is 6.07 Å². The fourth-order valence-corrected chi connectivity index (χ4v) is 2.33. The van der Waals surface area contributed by atoms with Crippen LogP contribution in [-0.4, -0.2) is 34.7 Å². The third-order valence-corrected chi connectivity index (χ3v) is 3.54. The molecule has 0 aliphatic carbocycles. The Labute approximate surface area is 119 Å². The Balaban J connectivity index is 2.14. The van der Waals surface area contributed by atoms with Crippen LogP contribution in [0, 0.1) is 0 Å². The predicted molar refractivity (Wildman–Crippen MR) is 74.6 cm³/mol. The fourth-order valence-electron chi connectivity index (χ4n) is 1.57. The number of thiazole rings is 1. The number of rotatable bonds is 5. The van der Waals surface area contributed by atoms with Crippen molar-refractivity contribution in [3.63, 3.8) is 0 Å². The highest BCUT2D eigenvalue weighted by molar-refractivity contribution is 7.09. The Bertz CT molecular complexity index is 574. The monoisotopic (exact) mass is 297 g/mol. The summed E-state index contributed by atoms with van der Waals surface area (Å²) in [5.74, 6) is -0.152. The van der Waals surface area contributed by atoms with Gasteiger partial charge in [0.15, 0.2) is 11.0 Å². The standard InChI is InChI=1S/C11H12ClN5OS/c1-17(4-2-9-14-3-5-19-9)11-7(10(13)18)6-8(12)15-16-11/h3,5-6H,2,4H2,1H3,(H2,13,18). The van der Waals surface area contributed by atoms with Crippen LogP contribution in [0.3, 0.4) is 0 Å². The molecule has 0 bridgehead atoms. The normalized spacial score (nSPS) is 10.4. The van der Waals surface area contributed by atoms with Gasteiger partial charge in [-0.2, -0.15) is 0 Å². The zero-order chi connectivity index (χ0) is 13.8. The number of nitrogens with zero attached hydrogens (tertiary/aromatic N) is 4. The Morgan fingerprint density at radius 2 is 2.32 bits per heavy atom. The molecule has 0 saturated carbocycles. The molecule has 1 amide bonds. The van der Waals surface area contributed by atoms with Gasteiger partial charge in [0.25, 0.3) is 5.91 Å². The second-order valence-corrected chi connectivity index (χ2v) is 5.23. The highest BCUT2D eigenvalue weighted by Crippen LogP contribution is 2.18. The van der Waals surface area contributed by atoms with Crippen molar-refractivity contribution >= 4 is 34.7 Å². The first-order chi connectivity index (χ1) is 9.08. The van der Waals surface area contributed by atoms with Crippen molar-refractivity contribution in [2.45, 2.75) is 6.42 Å². The number of carbonyl (C=O) groups is 1. The molecule has 2 aromatic heterocycles. The average molecular weight is 298 g/mol. The largest absolute Gasteiger partial charge is 0.365 e. The van der Waals surface area contributed by atoms with Crippen molar-refractivity contribution in [2.75, 3.05) is 18.5 Å². The molecule has 2 heterocycles. The van der Waals surface area contributed by atoms with Gasteiger partial charge >= 0.3 is 0 Å². The number of nitrogens with two attached hydrogens (primary N) is 1. The Morgan fingerprint density at radius 1 is 1.53 bits per heavy atom. The van der Waals surface area contributed by atoms with Crippen LogP contribution in [0.15, 0.2) is 17.6 Å². The number of primary amides is 1. The molecule has 2 aromatic rings. The molecule has 100 valence electrons. The molecular weight excluding hydrogens is 286 g/mol. The maximum absolute atomic E-state index is 11.4. The van der Waals surface area contributed by atoms with Gasteiger partial charge in [0.1, 0.15) is 0 Å². The van der Waals surface area contributed by atoms with E-state index in [0.29, 0.717) is 12.4 Å². The fraction of sp³-hybridized carbons (Fsp3) is 0.273. The van der Waals surface area contributed by atoms with E-state index in [4.69, 9.17) is 17.3 Å². The maximum atomic E-state index is 11.4. The lowest BCUT2D eigenvalue weighted by Crippen LogP contribution is -2.26. The van der Waals surface area contributed by atoms with Crippen molar-refractivity contribution in [3.05, 3.63) is 33.4 Å². The number of likely N-dealkylation sites (N-methyl/N-ethyl adjacent to an activating group) is 1. The van der Waals surface area contributed by atoms with Crippen molar-refractivity contribution in [3.8, 4) is 0 Å². The first-order valence-corrected chi connectivity index (χ1v) is 6.76. The summed E-state index contributed by atoms with van der Waals surface area (Å²) < 4.78 is 0. The number of amides is 1. The Kier molecular flexibility index (Phi) is 4.28. The molecule has 8 heteroatoms. The van der Waals surface area contributed by atoms with E-state index in [1.54, 1.807) is 17.5 Å². The highest BCUT2D eigenvalue weighted by Gasteiger charge is 2.15. The lowest BCUT2D eigenvalue weighted by molar-refractivity contribution is 0.100. The highest BCUT2D eigenvalue weighted by atomic mass is 35.5. The van der Waals surface area contributed by atoms with Gasteiger partial charge in [-0.1, -0.05) is 11.6 Å². The van der Waals surface area contributed by atoms with Crippen LogP contribution in [0.5, 0.6) is 0 Å². The van der Waals surface area contributed by atoms with Crippen molar-refractivity contribution in [1.29, 1.82) is 0 Å². The van der Waals surface area contributed by atoms with Gasteiger partial charge in [0.05, 0.1) is 10.6 Å². The van der Waals surface area contributed by atoms with Crippen LogP contribution in [0.2, 0.25) is 5.15 Å². The number of aromatic nitrogens is 3. The summed E-state index contributed by atoms with van der Waals surface area (Å²) in [6.45, 7) is 0.657. The molecule has 0 radical (unpaired) electrons. The molecule has 6 nitrogen and oxygen atoms in total. The zero-order valence-corrected chi connectivity index (χ0v) is 11.8. The summed E-state index contributed by atoms with van der Waals surface area (Å²) in [5.41, 5.74) is 5.58. The molecule has 0 aliphatic rings. The molecule has 2 N–H and O–H groups in total. The molecule has 0 aliphatic heterocycles. The third-order valence-electron chi connectivity index (χ3n) is 2.52. The van der Waals surface area contributed by atoms with Gasteiger partial charge < -0.3 is 10.6 Å². The van der Waals surface area contributed by atoms with Crippen LogP contribution in [0.25, 0.3) is 0 Å². The molecule has 0 aromatic carbocycles. The molecule has 0 spiro atoms. The second kappa shape index (κ2) is 5.94. The minimum Gasteiger partial charge on any atom is -0.365 e. The molecule has 0 unspecified atom stereocenters. The van der Waals surface area contributed by atoms with Crippen LogP contribution >= 0.6 is 22.9 Å². The van der Waals surface area contributed by atoms with Gasteiger partial charge in [-0.15, -0.1) is 21.5 Å². The van der Waals surface area contributed by atoms with Gasteiger partial charge in [-0.25, -0.2) is 4.98 Å². The molecule has 0 atom stereocenters. The number of carbonyl (C=O) groups excluding carboxylic acids is 1. The van der Waals surface area contributed by atoms with Crippen molar-refractivity contribution in [2.24, 2.45) is 5.73 Å². The quantitative estimate of drug-likeness (QED) is 0.901. The Hall–Kier alpha value is -1.73. The van der Waals surface area contributed by atoms with E-state index < -0.39 is 5.91 Å². The SMILES string of the molecule is CN(CCc1nccs1)c1nnc(Cl)cc1C(N)=O. The Morgan fingerprint density at radius 3 is 2.95 bits per heavy atom. The lowest BCUT2D eigenvalue weighted by Gasteiger charge is -2.18. The summed E-state index contributed by atoms with van der Waals surface area (Å²) in [6.07, 6.45) is 2.52. The van der Waals surface area contributed by atoms with E-state index in [1.165, 1.54) is 6.07 Å². The summed E-state index contributed by atoms with van der Waals surface area (Å²) in [5, 5.41) is 10.8. The van der Waals surface area contributed by atoms with Crippen molar-refractivity contribution < 1.29 is 4.79 Å². The maximum Gasteiger partial charge on any atom is 0.252 e. The van der Waals surface area contributed by atoms with Gasteiger partial charge in [0, 0.05) is 31.6 Å². The first-order valence-electron chi connectivity index (χ1n) is 5.50. The van der Waals surface area contributed by atoms with Crippen LogP contribution in [0.4, 0.5) is 5.82 Å². The third kappa shape index (κ3) is 3.39. The van der Waals surface area contributed by atoms with E-state index in [2.05, 4.69) is 15.2 Å². The van der Waals surface area contributed by atoms with Gasteiger partial charge in [-0.3, -0.25) is 4.79 Å². The molecular formula is C11H12ClN5OS. The minimum atomic E-state index is -0.576. The minimum absolute atomic E-state index is 0.144. The summed E-state index contributed by atoms with van der Waals surface area (Å²) in [7, 11) is 1.82. The summed E-state index contributed by atoms with van der Waals surface area (Å²) in [4.78, 5) is 17.4. The van der Waals surface area contributed by atoms with E-state index in [9.17, 15) is 4.79 Å². The second-order valence-electron chi connectivity index (χ2n) is 3.87. The van der Waals surface area contributed by atoms with E-state index in [-0.39, 0.29) is 10.7 Å². The lowest BCUT2D eigenvalue weighted by atomic mass is 10.2. The molecule has 0 saturated heterocycles. The van der Waals surface area contributed by atoms with Crippen LogP contribution in [0.1, 0.15) is 15.4 Å². The topological polar surface area (TPSA) is 85.0 Å². The summed E-state index contributed by atoms with van der Waals surface area (Å²) in [6, 6.07) is 1.42. The number of hydrogen-bond acceptors (Lipinski definition) is 6. The first kappa shape index (κ1) is 13.7. The smallest absolute Gasteiger partial charge is 0.252 e. The molecule has 0 fully saturated rings. The zero-order valence-electron chi connectivity index (χ0n) is 10.2. The number of halogens is 1. The summed E-state index contributed by atoms with van der Waals surface area (Å²) >= 11 is 7.30.